The highest BCUT2D eigenvalue weighted by atomic mass is 79.9. The van der Waals surface area contributed by atoms with Crippen molar-refractivity contribution in [3.05, 3.63) is 35.4 Å². The van der Waals surface area contributed by atoms with Gasteiger partial charge >= 0.3 is 0 Å². The van der Waals surface area contributed by atoms with Crippen LogP contribution in [0.15, 0.2) is 24.3 Å². The molecule has 0 unspecified atom stereocenters. The summed E-state index contributed by atoms with van der Waals surface area (Å²) >= 11 is 3.38. The Hall–Kier alpha value is -0.830. The molecule has 0 saturated carbocycles. The maximum atomic E-state index is 11.9. The van der Waals surface area contributed by atoms with Gasteiger partial charge < -0.3 is 5.32 Å². The van der Waals surface area contributed by atoms with Gasteiger partial charge in [-0.1, -0.05) is 35.0 Å². The van der Waals surface area contributed by atoms with Gasteiger partial charge in [0.25, 0.3) is 5.91 Å². The standard InChI is InChI=1S/C13H18BrNO/c1-4-13(2,3)15-12(16)11-7-5-10(9-14)6-8-11/h5-8H,4,9H2,1-3H3,(H,15,16). The average molecular weight is 284 g/mol. The molecule has 3 heteroatoms. The molecule has 0 fully saturated rings. The number of carbonyl (C=O) groups is 1. The zero-order chi connectivity index (χ0) is 12.2. The summed E-state index contributed by atoms with van der Waals surface area (Å²) in [5.41, 5.74) is 1.74. The fourth-order valence-electron chi connectivity index (χ4n) is 1.21. The van der Waals surface area contributed by atoms with Crippen molar-refractivity contribution in [1.82, 2.24) is 5.32 Å². The maximum absolute atomic E-state index is 11.9. The number of rotatable bonds is 4. The Morgan fingerprint density at radius 1 is 1.31 bits per heavy atom. The third kappa shape index (κ3) is 3.63. The Kier molecular flexibility index (Phi) is 4.54. The minimum atomic E-state index is -0.148. The molecule has 88 valence electrons. The lowest BCUT2D eigenvalue weighted by molar-refractivity contribution is 0.0911. The van der Waals surface area contributed by atoms with Crippen molar-refractivity contribution in [2.24, 2.45) is 0 Å². The van der Waals surface area contributed by atoms with Crippen molar-refractivity contribution < 1.29 is 4.79 Å². The van der Waals surface area contributed by atoms with Gasteiger partial charge in [0.05, 0.1) is 0 Å². The van der Waals surface area contributed by atoms with Gasteiger partial charge in [-0.2, -0.15) is 0 Å². The van der Waals surface area contributed by atoms with E-state index in [-0.39, 0.29) is 11.4 Å². The van der Waals surface area contributed by atoms with Crippen molar-refractivity contribution in [3.63, 3.8) is 0 Å². The molecule has 0 aromatic heterocycles. The molecule has 1 aromatic rings. The minimum Gasteiger partial charge on any atom is -0.347 e. The fraction of sp³-hybridized carbons (Fsp3) is 0.462. The number of halogens is 1. The summed E-state index contributed by atoms with van der Waals surface area (Å²) in [6.45, 7) is 6.11. The van der Waals surface area contributed by atoms with Gasteiger partial charge in [-0.05, 0) is 38.0 Å². The van der Waals surface area contributed by atoms with Crippen LogP contribution in [0.1, 0.15) is 43.1 Å². The van der Waals surface area contributed by atoms with Crippen LogP contribution < -0.4 is 5.32 Å². The first-order valence-electron chi connectivity index (χ1n) is 5.46. The molecule has 0 heterocycles. The smallest absolute Gasteiger partial charge is 0.251 e. The van der Waals surface area contributed by atoms with Gasteiger partial charge in [0, 0.05) is 16.4 Å². The molecule has 0 aliphatic carbocycles. The first-order valence-corrected chi connectivity index (χ1v) is 6.58. The second-order valence-electron chi connectivity index (χ2n) is 4.52. The van der Waals surface area contributed by atoms with Crippen LogP contribution in [0.25, 0.3) is 0 Å². The molecule has 16 heavy (non-hydrogen) atoms. The highest BCUT2D eigenvalue weighted by Gasteiger charge is 2.18. The van der Waals surface area contributed by atoms with E-state index in [2.05, 4.69) is 28.2 Å². The molecule has 1 amide bonds. The third-order valence-electron chi connectivity index (χ3n) is 2.71. The van der Waals surface area contributed by atoms with Gasteiger partial charge in [0.2, 0.25) is 0 Å². The highest BCUT2D eigenvalue weighted by Crippen LogP contribution is 2.11. The molecule has 1 N–H and O–H groups in total. The Morgan fingerprint density at radius 3 is 2.31 bits per heavy atom. The van der Waals surface area contributed by atoms with Gasteiger partial charge in [-0.25, -0.2) is 0 Å². The zero-order valence-corrected chi connectivity index (χ0v) is 11.6. The van der Waals surface area contributed by atoms with Crippen LogP contribution in [-0.4, -0.2) is 11.4 Å². The van der Waals surface area contributed by atoms with Gasteiger partial charge in [-0.3, -0.25) is 4.79 Å². The number of nitrogens with one attached hydrogen (secondary N) is 1. The summed E-state index contributed by atoms with van der Waals surface area (Å²) in [5, 5.41) is 3.82. The Labute approximate surface area is 106 Å². The van der Waals surface area contributed by atoms with E-state index in [4.69, 9.17) is 0 Å². The molecule has 1 rings (SSSR count). The molecule has 0 aliphatic heterocycles. The molecule has 1 aromatic carbocycles. The number of hydrogen-bond acceptors (Lipinski definition) is 1. The maximum Gasteiger partial charge on any atom is 0.251 e. The minimum absolute atomic E-state index is 0.00651. The van der Waals surface area contributed by atoms with Crippen LogP contribution in [0.4, 0.5) is 0 Å². The van der Waals surface area contributed by atoms with Crippen molar-refractivity contribution in [2.75, 3.05) is 0 Å². The number of alkyl halides is 1. The average Bonchev–Trinajstić information content (AvgIpc) is 2.28. The second-order valence-corrected chi connectivity index (χ2v) is 5.08. The van der Waals surface area contributed by atoms with Crippen LogP contribution in [0.3, 0.4) is 0 Å². The lowest BCUT2D eigenvalue weighted by Crippen LogP contribution is -2.42. The van der Waals surface area contributed by atoms with Crippen LogP contribution in [0.5, 0.6) is 0 Å². The molecule has 0 saturated heterocycles. The van der Waals surface area contributed by atoms with Gasteiger partial charge in [0.15, 0.2) is 0 Å². The summed E-state index contributed by atoms with van der Waals surface area (Å²) in [7, 11) is 0. The number of carbonyl (C=O) groups excluding carboxylic acids is 1. The highest BCUT2D eigenvalue weighted by molar-refractivity contribution is 9.08. The molecule has 0 radical (unpaired) electrons. The molecule has 0 atom stereocenters. The van der Waals surface area contributed by atoms with Crippen LogP contribution in [-0.2, 0) is 5.33 Å². The molecular weight excluding hydrogens is 266 g/mol. The Morgan fingerprint density at radius 2 is 1.88 bits per heavy atom. The van der Waals surface area contributed by atoms with Gasteiger partial charge in [-0.15, -0.1) is 0 Å². The fourth-order valence-corrected chi connectivity index (χ4v) is 1.59. The lowest BCUT2D eigenvalue weighted by atomic mass is 10.0. The van der Waals surface area contributed by atoms with E-state index < -0.39 is 0 Å². The Bertz CT molecular complexity index is 357. The van der Waals surface area contributed by atoms with E-state index in [9.17, 15) is 4.79 Å². The predicted molar refractivity (Wildman–Crippen MR) is 70.9 cm³/mol. The second kappa shape index (κ2) is 5.48. The third-order valence-corrected chi connectivity index (χ3v) is 3.35. The quantitative estimate of drug-likeness (QED) is 0.842. The van der Waals surface area contributed by atoms with Crippen molar-refractivity contribution in [3.8, 4) is 0 Å². The van der Waals surface area contributed by atoms with Crippen molar-refractivity contribution in [2.45, 2.75) is 38.1 Å². The molecular formula is C13H18BrNO. The Balaban J connectivity index is 2.73. The monoisotopic (exact) mass is 283 g/mol. The predicted octanol–water partition coefficient (Wildman–Crippen LogP) is 3.50. The SMILES string of the molecule is CCC(C)(C)NC(=O)c1ccc(CBr)cc1. The molecule has 0 spiro atoms. The normalized spacial score (nSPS) is 11.2. The zero-order valence-electron chi connectivity index (χ0n) is 10.0. The van der Waals surface area contributed by atoms with E-state index in [1.54, 1.807) is 0 Å². The summed E-state index contributed by atoms with van der Waals surface area (Å²) in [6.07, 6.45) is 0.915. The summed E-state index contributed by atoms with van der Waals surface area (Å²) < 4.78 is 0. The molecule has 0 aliphatic rings. The van der Waals surface area contributed by atoms with Gasteiger partial charge in [0.1, 0.15) is 0 Å². The number of amides is 1. The molecule has 0 bridgehead atoms. The van der Waals surface area contributed by atoms with Crippen LogP contribution in [0.2, 0.25) is 0 Å². The summed E-state index contributed by atoms with van der Waals surface area (Å²) in [6, 6.07) is 7.64. The van der Waals surface area contributed by atoms with E-state index in [0.29, 0.717) is 5.56 Å². The number of benzene rings is 1. The van der Waals surface area contributed by atoms with Crippen molar-refractivity contribution >= 4 is 21.8 Å². The van der Waals surface area contributed by atoms with E-state index in [0.717, 1.165) is 11.8 Å². The van der Waals surface area contributed by atoms with E-state index >= 15 is 0 Å². The lowest BCUT2D eigenvalue weighted by Gasteiger charge is -2.24. The van der Waals surface area contributed by atoms with E-state index in [1.807, 2.05) is 38.1 Å². The first kappa shape index (κ1) is 13.2. The largest absolute Gasteiger partial charge is 0.347 e. The summed E-state index contributed by atoms with van der Waals surface area (Å²) in [4.78, 5) is 11.9. The molecule has 2 nitrogen and oxygen atoms in total. The first-order chi connectivity index (χ1) is 7.48. The van der Waals surface area contributed by atoms with Crippen LogP contribution in [0, 0.1) is 0 Å². The summed E-state index contributed by atoms with van der Waals surface area (Å²) in [5.74, 6) is -0.00651. The van der Waals surface area contributed by atoms with E-state index in [1.165, 1.54) is 5.56 Å². The topological polar surface area (TPSA) is 29.1 Å². The van der Waals surface area contributed by atoms with Crippen LogP contribution >= 0.6 is 15.9 Å². The van der Waals surface area contributed by atoms with Crippen molar-refractivity contribution in [1.29, 1.82) is 0 Å². The number of hydrogen-bond donors (Lipinski definition) is 1.